The van der Waals surface area contributed by atoms with E-state index in [4.69, 9.17) is 11.6 Å². The van der Waals surface area contributed by atoms with E-state index in [0.717, 1.165) is 11.5 Å². The molecule has 0 saturated heterocycles. The first-order valence-electron chi connectivity index (χ1n) is 3.43. The third kappa shape index (κ3) is 1.61. The standard InChI is InChI=1S/C8H11ClO/c1-2-8(10)5-3-7(9)4-6-8/h3-5,10H,2,6H2,1H3. The molecule has 2 heteroatoms. The second-order valence-corrected chi connectivity index (χ2v) is 3.02. The summed E-state index contributed by atoms with van der Waals surface area (Å²) in [7, 11) is 0. The molecule has 56 valence electrons. The van der Waals surface area contributed by atoms with E-state index in [1.54, 1.807) is 12.2 Å². The van der Waals surface area contributed by atoms with Crippen LogP contribution in [-0.4, -0.2) is 10.7 Å². The van der Waals surface area contributed by atoms with Gasteiger partial charge in [-0.05, 0) is 18.9 Å². The molecule has 0 radical (unpaired) electrons. The molecule has 1 aliphatic carbocycles. The van der Waals surface area contributed by atoms with Crippen molar-refractivity contribution in [2.24, 2.45) is 0 Å². The minimum atomic E-state index is -0.640. The SMILES string of the molecule is CCC1(O)C=CC(Cl)=CC1. The molecule has 0 aromatic rings. The lowest BCUT2D eigenvalue weighted by Crippen LogP contribution is -2.24. The summed E-state index contributed by atoms with van der Waals surface area (Å²) in [4.78, 5) is 0. The number of allylic oxidation sites excluding steroid dienone is 2. The van der Waals surface area contributed by atoms with Crippen LogP contribution in [0.1, 0.15) is 19.8 Å². The Kier molecular flexibility index (Phi) is 2.17. The van der Waals surface area contributed by atoms with E-state index in [9.17, 15) is 5.11 Å². The van der Waals surface area contributed by atoms with Gasteiger partial charge in [0, 0.05) is 5.03 Å². The van der Waals surface area contributed by atoms with Crippen molar-refractivity contribution >= 4 is 11.6 Å². The monoisotopic (exact) mass is 158 g/mol. The van der Waals surface area contributed by atoms with E-state index < -0.39 is 5.60 Å². The van der Waals surface area contributed by atoms with Crippen molar-refractivity contribution in [3.05, 3.63) is 23.3 Å². The van der Waals surface area contributed by atoms with Gasteiger partial charge in [0.15, 0.2) is 0 Å². The summed E-state index contributed by atoms with van der Waals surface area (Å²) in [6.45, 7) is 1.96. The topological polar surface area (TPSA) is 20.2 Å². The molecule has 0 aliphatic heterocycles. The lowest BCUT2D eigenvalue weighted by atomic mass is 9.93. The molecular formula is C8H11ClO. The molecule has 0 bridgehead atoms. The largest absolute Gasteiger partial charge is 0.385 e. The summed E-state index contributed by atoms with van der Waals surface area (Å²) < 4.78 is 0. The van der Waals surface area contributed by atoms with Gasteiger partial charge in [-0.2, -0.15) is 0 Å². The average Bonchev–Trinajstić information content (AvgIpc) is 1.96. The first kappa shape index (κ1) is 7.83. The van der Waals surface area contributed by atoms with Gasteiger partial charge in [-0.15, -0.1) is 0 Å². The quantitative estimate of drug-likeness (QED) is 0.621. The zero-order valence-corrected chi connectivity index (χ0v) is 6.73. The van der Waals surface area contributed by atoms with Gasteiger partial charge in [-0.3, -0.25) is 0 Å². The van der Waals surface area contributed by atoms with Crippen LogP contribution in [0, 0.1) is 0 Å². The molecule has 0 aromatic carbocycles. The third-order valence-electron chi connectivity index (χ3n) is 1.82. The Morgan fingerprint density at radius 1 is 1.80 bits per heavy atom. The van der Waals surface area contributed by atoms with Gasteiger partial charge in [-0.1, -0.05) is 30.7 Å². The number of halogens is 1. The van der Waals surface area contributed by atoms with Crippen molar-refractivity contribution < 1.29 is 5.11 Å². The molecule has 1 rings (SSSR count). The van der Waals surface area contributed by atoms with E-state index in [1.165, 1.54) is 0 Å². The average molecular weight is 159 g/mol. The Morgan fingerprint density at radius 2 is 2.50 bits per heavy atom. The fourth-order valence-electron chi connectivity index (χ4n) is 0.907. The normalized spacial score (nSPS) is 32.1. The Morgan fingerprint density at radius 3 is 2.90 bits per heavy atom. The van der Waals surface area contributed by atoms with E-state index >= 15 is 0 Å². The molecule has 1 atom stereocenters. The fraction of sp³-hybridized carbons (Fsp3) is 0.500. The Hall–Kier alpha value is -0.270. The van der Waals surface area contributed by atoms with Crippen molar-refractivity contribution in [1.82, 2.24) is 0 Å². The molecule has 0 spiro atoms. The van der Waals surface area contributed by atoms with Crippen LogP contribution in [0.15, 0.2) is 23.3 Å². The molecule has 0 fully saturated rings. The highest BCUT2D eigenvalue weighted by molar-refractivity contribution is 6.31. The summed E-state index contributed by atoms with van der Waals surface area (Å²) >= 11 is 5.66. The van der Waals surface area contributed by atoms with Gasteiger partial charge >= 0.3 is 0 Å². The molecular weight excluding hydrogens is 148 g/mol. The van der Waals surface area contributed by atoms with Crippen molar-refractivity contribution in [3.8, 4) is 0 Å². The van der Waals surface area contributed by atoms with Gasteiger partial charge in [0.2, 0.25) is 0 Å². The smallest absolute Gasteiger partial charge is 0.0863 e. The maximum atomic E-state index is 9.61. The number of rotatable bonds is 1. The van der Waals surface area contributed by atoms with Crippen LogP contribution in [-0.2, 0) is 0 Å². The minimum Gasteiger partial charge on any atom is -0.385 e. The van der Waals surface area contributed by atoms with Crippen LogP contribution in [0.3, 0.4) is 0 Å². The molecule has 1 nitrogen and oxygen atoms in total. The zero-order valence-electron chi connectivity index (χ0n) is 5.97. The van der Waals surface area contributed by atoms with E-state index in [2.05, 4.69) is 0 Å². The van der Waals surface area contributed by atoms with E-state index in [1.807, 2.05) is 13.0 Å². The third-order valence-corrected chi connectivity index (χ3v) is 2.10. The van der Waals surface area contributed by atoms with Crippen LogP contribution >= 0.6 is 11.6 Å². The Balaban J connectivity index is 2.67. The molecule has 0 aromatic heterocycles. The second-order valence-electron chi connectivity index (χ2n) is 2.58. The van der Waals surface area contributed by atoms with Gasteiger partial charge in [0.1, 0.15) is 0 Å². The van der Waals surface area contributed by atoms with Gasteiger partial charge < -0.3 is 5.11 Å². The minimum absolute atomic E-state index is 0.638. The zero-order chi connectivity index (χ0) is 7.61. The second kappa shape index (κ2) is 2.77. The molecule has 1 unspecified atom stereocenters. The molecule has 0 heterocycles. The summed E-state index contributed by atoms with van der Waals surface area (Å²) in [5, 5.41) is 10.3. The summed E-state index contributed by atoms with van der Waals surface area (Å²) in [5.41, 5.74) is -0.640. The lowest BCUT2D eigenvalue weighted by molar-refractivity contribution is 0.0888. The van der Waals surface area contributed by atoms with E-state index in [-0.39, 0.29) is 0 Å². The van der Waals surface area contributed by atoms with Crippen molar-refractivity contribution in [1.29, 1.82) is 0 Å². The molecule has 0 saturated carbocycles. The lowest BCUT2D eigenvalue weighted by Gasteiger charge is -2.23. The maximum Gasteiger partial charge on any atom is 0.0863 e. The highest BCUT2D eigenvalue weighted by Gasteiger charge is 2.21. The van der Waals surface area contributed by atoms with Gasteiger partial charge in [0.25, 0.3) is 0 Å². The predicted octanol–water partition coefficient (Wildman–Crippen LogP) is 2.21. The van der Waals surface area contributed by atoms with Crippen molar-refractivity contribution in [3.63, 3.8) is 0 Å². The first-order chi connectivity index (χ1) is 4.66. The summed E-state index contributed by atoms with van der Waals surface area (Å²) in [6, 6.07) is 0. The fourth-order valence-corrected chi connectivity index (χ4v) is 1.05. The summed E-state index contributed by atoms with van der Waals surface area (Å²) in [6.07, 6.45) is 6.72. The number of hydrogen-bond acceptors (Lipinski definition) is 1. The van der Waals surface area contributed by atoms with E-state index in [0.29, 0.717) is 6.42 Å². The molecule has 0 amide bonds. The highest BCUT2D eigenvalue weighted by Crippen LogP contribution is 2.24. The van der Waals surface area contributed by atoms with Crippen molar-refractivity contribution in [2.45, 2.75) is 25.4 Å². The molecule has 1 aliphatic rings. The van der Waals surface area contributed by atoms with Crippen LogP contribution in [0.25, 0.3) is 0 Å². The number of hydrogen-bond donors (Lipinski definition) is 1. The Labute approximate surface area is 66.0 Å². The van der Waals surface area contributed by atoms with Crippen LogP contribution in [0.2, 0.25) is 0 Å². The highest BCUT2D eigenvalue weighted by atomic mass is 35.5. The first-order valence-corrected chi connectivity index (χ1v) is 3.81. The van der Waals surface area contributed by atoms with Gasteiger partial charge in [0.05, 0.1) is 5.60 Å². The molecule has 10 heavy (non-hydrogen) atoms. The summed E-state index contributed by atoms with van der Waals surface area (Å²) in [5.74, 6) is 0. The van der Waals surface area contributed by atoms with Crippen molar-refractivity contribution in [2.75, 3.05) is 0 Å². The molecule has 1 N–H and O–H groups in total. The van der Waals surface area contributed by atoms with Crippen LogP contribution in [0.5, 0.6) is 0 Å². The van der Waals surface area contributed by atoms with Crippen LogP contribution < -0.4 is 0 Å². The van der Waals surface area contributed by atoms with Gasteiger partial charge in [-0.25, -0.2) is 0 Å². The Bertz CT molecular complexity index is 184. The predicted molar refractivity (Wildman–Crippen MR) is 42.9 cm³/mol. The maximum absolute atomic E-state index is 9.61. The number of aliphatic hydroxyl groups is 1. The van der Waals surface area contributed by atoms with Crippen LogP contribution in [0.4, 0.5) is 0 Å².